The molecule has 1 aliphatic rings. The number of hydrogen-bond donors (Lipinski definition) is 1. The lowest BCUT2D eigenvalue weighted by atomic mass is 9.83. The van der Waals surface area contributed by atoms with E-state index in [0.717, 1.165) is 5.56 Å². The minimum absolute atomic E-state index is 0.114. The molecule has 0 spiro atoms. The average Bonchev–Trinajstić information content (AvgIpc) is 2.38. The quantitative estimate of drug-likeness (QED) is 0.836. The summed E-state index contributed by atoms with van der Waals surface area (Å²) in [6.45, 7) is 2.92. The van der Waals surface area contributed by atoms with Crippen molar-refractivity contribution in [3.05, 3.63) is 35.4 Å². The molecule has 0 atom stereocenters. The number of benzene rings is 1. The molecule has 1 aromatic rings. The Morgan fingerprint density at radius 2 is 1.94 bits per heavy atom. The van der Waals surface area contributed by atoms with E-state index in [1.807, 2.05) is 6.07 Å². The fourth-order valence-corrected chi connectivity index (χ4v) is 2.66. The minimum atomic E-state index is -2.38. The van der Waals surface area contributed by atoms with E-state index in [2.05, 4.69) is 12.2 Å². The van der Waals surface area contributed by atoms with Crippen molar-refractivity contribution in [1.29, 1.82) is 0 Å². The normalized spacial score (nSPS) is 19.1. The van der Waals surface area contributed by atoms with Crippen LogP contribution in [0, 0.1) is 0 Å². The van der Waals surface area contributed by atoms with Crippen molar-refractivity contribution in [3.63, 3.8) is 0 Å². The van der Waals surface area contributed by atoms with Crippen molar-refractivity contribution >= 4 is 0 Å². The molecule has 0 aliphatic heterocycles. The summed E-state index contributed by atoms with van der Waals surface area (Å²) < 4.78 is 25.2. The van der Waals surface area contributed by atoms with Crippen LogP contribution in [-0.2, 0) is 6.54 Å². The van der Waals surface area contributed by atoms with Gasteiger partial charge in [-0.1, -0.05) is 37.5 Å². The first-order valence-electron chi connectivity index (χ1n) is 6.71. The maximum Gasteiger partial charge on any atom is 0.263 e. The Bertz CT molecular complexity index is 384. The van der Waals surface area contributed by atoms with Crippen molar-refractivity contribution in [2.24, 2.45) is 0 Å². The Morgan fingerprint density at radius 1 is 1.22 bits per heavy atom. The third kappa shape index (κ3) is 3.52. The van der Waals surface area contributed by atoms with E-state index in [1.165, 1.54) is 38.2 Å². The van der Waals surface area contributed by atoms with Gasteiger partial charge in [-0.25, -0.2) is 8.78 Å². The predicted octanol–water partition coefficient (Wildman–Crippen LogP) is 4.44. The van der Waals surface area contributed by atoms with Crippen molar-refractivity contribution in [3.8, 4) is 0 Å². The van der Waals surface area contributed by atoms with Crippen LogP contribution in [0.3, 0.4) is 0 Å². The monoisotopic (exact) mass is 253 g/mol. The second kappa shape index (κ2) is 5.79. The summed E-state index contributed by atoms with van der Waals surface area (Å²) in [7, 11) is 0. The number of alkyl halides is 2. The van der Waals surface area contributed by atoms with Gasteiger partial charge in [0.25, 0.3) is 6.43 Å². The van der Waals surface area contributed by atoms with Gasteiger partial charge in [0.15, 0.2) is 0 Å². The van der Waals surface area contributed by atoms with Gasteiger partial charge in [-0.3, -0.25) is 0 Å². The maximum atomic E-state index is 12.6. The SMILES string of the molecule is CC1(NCc2cccc(C(F)F)c2)CCCCC1. The zero-order valence-electron chi connectivity index (χ0n) is 10.9. The van der Waals surface area contributed by atoms with Crippen LogP contribution in [0.15, 0.2) is 24.3 Å². The molecule has 1 aromatic carbocycles. The molecular formula is C15H21F2N. The Morgan fingerprint density at radius 3 is 2.61 bits per heavy atom. The summed E-state index contributed by atoms with van der Waals surface area (Å²) in [4.78, 5) is 0. The Kier molecular flexibility index (Phi) is 4.33. The van der Waals surface area contributed by atoms with Crippen LogP contribution in [-0.4, -0.2) is 5.54 Å². The van der Waals surface area contributed by atoms with Crippen LogP contribution in [0.4, 0.5) is 8.78 Å². The predicted molar refractivity (Wildman–Crippen MR) is 69.7 cm³/mol. The van der Waals surface area contributed by atoms with Gasteiger partial charge in [0.2, 0.25) is 0 Å². The Labute approximate surface area is 108 Å². The number of nitrogens with one attached hydrogen (secondary N) is 1. The van der Waals surface area contributed by atoms with Crippen molar-refractivity contribution < 1.29 is 8.78 Å². The molecule has 0 radical (unpaired) electrons. The lowest BCUT2D eigenvalue weighted by Crippen LogP contribution is -2.43. The van der Waals surface area contributed by atoms with Gasteiger partial charge < -0.3 is 5.32 Å². The molecule has 1 aliphatic carbocycles. The van der Waals surface area contributed by atoms with Gasteiger partial charge in [-0.2, -0.15) is 0 Å². The molecule has 1 fully saturated rings. The molecule has 0 unspecified atom stereocenters. The molecule has 1 nitrogen and oxygen atoms in total. The molecule has 3 heteroatoms. The molecule has 0 bridgehead atoms. The summed E-state index contributed by atoms with van der Waals surface area (Å²) >= 11 is 0. The van der Waals surface area contributed by atoms with E-state index in [4.69, 9.17) is 0 Å². The van der Waals surface area contributed by atoms with Crippen molar-refractivity contribution in [1.82, 2.24) is 5.32 Å². The van der Waals surface area contributed by atoms with Gasteiger partial charge in [-0.05, 0) is 31.4 Å². The molecular weight excluding hydrogens is 232 g/mol. The van der Waals surface area contributed by atoms with E-state index in [1.54, 1.807) is 12.1 Å². The molecule has 100 valence electrons. The summed E-state index contributed by atoms with van der Waals surface area (Å²) in [5.41, 5.74) is 1.24. The highest BCUT2D eigenvalue weighted by atomic mass is 19.3. The Balaban J connectivity index is 1.95. The smallest absolute Gasteiger partial charge is 0.263 e. The molecule has 0 aromatic heterocycles. The largest absolute Gasteiger partial charge is 0.307 e. The summed E-state index contributed by atoms with van der Waals surface area (Å²) in [5.74, 6) is 0. The fraction of sp³-hybridized carbons (Fsp3) is 0.600. The second-order valence-corrected chi connectivity index (χ2v) is 5.52. The highest BCUT2D eigenvalue weighted by molar-refractivity contribution is 5.24. The first-order valence-corrected chi connectivity index (χ1v) is 6.71. The maximum absolute atomic E-state index is 12.6. The highest BCUT2D eigenvalue weighted by Crippen LogP contribution is 2.28. The topological polar surface area (TPSA) is 12.0 Å². The van der Waals surface area contributed by atoms with Gasteiger partial charge in [-0.15, -0.1) is 0 Å². The summed E-state index contributed by atoms with van der Waals surface area (Å²) in [6.07, 6.45) is 3.83. The van der Waals surface area contributed by atoms with E-state index >= 15 is 0 Å². The van der Waals surface area contributed by atoms with Gasteiger partial charge in [0, 0.05) is 17.6 Å². The molecule has 1 N–H and O–H groups in total. The number of rotatable bonds is 4. The van der Waals surface area contributed by atoms with Crippen molar-refractivity contribution in [2.45, 2.75) is 57.5 Å². The van der Waals surface area contributed by atoms with Crippen LogP contribution in [0.1, 0.15) is 56.6 Å². The standard InChI is InChI=1S/C15H21F2N/c1-15(8-3-2-4-9-15)18-11-12-6-5-7-13(10-12)14(16)17/h5-7,10,14,18H,2-4,8-9,11H2,1H3. The van der Waals surface area contributed by atoms with E-state index in [0.29, 0.717) is 6.54 Å². The number of hydrogen-bond acceptors (Lipinski definition) is 1. The molecule has 0 amide bonds. The zero-order chi connectivity index (χ0) is 13.0. The second-order valence-electron chi connectivity index (χ2n) is 5.52. The lowest BCUT2D eigenvalue weighted by Gasteiger charge is -2.35. The summed E-state index contributed by atoms with van der Waals surface area (Å²) in [5, 5.41) is 3.54. The first kappa shape index (κ1) is 13.5. The zero-order valence-corrected chi connectivity index (χ0v) is 10.9. The fourth-order valence-electron chi connectivity index (χ4n) is 2.66. The molecule has 2 rings (SSSR count). The molecule has 0 saturated heterocycles. The van der Waals surface area contributed by atoms with E-state index in [-0.39, 0.29) is 11.1 Å². The van der Waals surface area contributed by atoms with Crippen LogP contribution in [0.2, 0.25) is 0 Å². The van der Waals surface area contributed by atoms with Gasteiger partial charge in [0.1, 0.15) is 0 Å². The Hall–Kier alpha value is -0.960. The number of halogens is 2. The van der Waals surface area contributed by atoms with E-state index < -0.39 is 6.43 Å². The van der Waals surface area contributed by atoms with Crippen molar-refractivity contribution in [2.75, 3.05) is 0 Å². The van der Waals surface area contributed by atoms with Crippen LogP contribution >= 0.6 is 0 Å². The highest BCUT2D eigenvalue weighted by Gasteiger charge is 2.25. The molecule has 0 heterocycles. The van der Waals surface area contributed by atoms with Crippen LogP contribution in [0.5, 0.6) is 0 Å². The van der Waals surface area contributed by atoms with Crippen LogP contribution in [0.25, 0.3) is 0 Å². The average molecular weight is 253 g/mol. The van der Waals surface area contributed by atoms with Gasteiger partial charge in [0.05, 0.1) is 0 Å². The third-order valence-corrected chi connectivity index (χ3v) is 3.88. The van der Waals surface area contributed by atoms with Crippen LogP contribution < -0.4 is 5.32 Å². The summed E-state index contributed by atoms with van der Waals surface area (Å²) in [6, 6.07) is 6.70. The minimum Gasteiger partial charge on any atom is -0.307 e. The van der Waals surface area contributed by atoms with E-state index in [9.17, 15) is 8.78 Å². The molecule has 18 heavy (non-hydrogen) atoms. The first-order chi connectivity index (χ1) is 8.59. The third-order valence-electron chi connectivity index (χ3n) is 3.88. The molecule has 1 saturated carbocycles. The lowest BCUT2D eigenvalue weighted by molar-refractivity contribution is 0.151. The van der Waals surface area contributed by atoms with Gasteiger partial charge >= 0.3 is 0 Å².